The van der Waals surface area contributed by atoms with E-state index in [1.54, 1.807) is 12.4 Å². The Morgan fingerprint density at radius 1 is 1.50 bits per heavy atom. The van der Waals surface area contributed by atoms with Gasteiger partial charge in [-0.1, -0.05) is 0 Å². The van der Waals surface area contributed by atoms with Crippen molar-refractivity contribution in [2.24, 2.45) is 0 Å². The Morgan fingerprint density at radius 3 is 2.71 bits per heavy atom. The van der Waals surface area contributed by atoms with Gasteiger partial charge in [0.25, 0.3) is 0 Å². The lowest BCUT2D eigenvalue weighted by Crippen LogP contribution is -2.21. The van der Waals surface area contributed by atoms with Crippen LogP contribution in [0.4, 0.5) is 0 Å². The quantitative estimate of drug-likeness (QED) is 0.759. The predicted octanol–water partition coefficient (Wildman–Crippen LogP) is 0.988. The molecule has 0 radical (unpaired) electrons. The molecule has 1 N–H and O–H groups in total. The second-order valence-corrected chi connectivity index (χ2v) is 3.24. The Morgan fingerprint density at radius 2 is 2.14 bits per heavy atom. The highest BCUT2D eigenvalue weighted by Crippen LogP contribution is 2.01. The number of carboxylic acid groups (broad SMARTS) is 1. The lowest BCUT2D eigenvalue weighted by Gasteiger charge is -2.14. The summed E-state index contributed by atoms with van der Waals surface area (Å²) in [6, 6.07) is 3.86. The van der Waals surface area contributed by atoms with Gasteiger partial charge in [0.2, 0.25) is 0 Å². The molecule has 0 spiro atoms. The maximum absolute atomic E-state index is 10.3. The summed E-state index contributed by atoms with van der Waals surface area (Å²) in [4.78, 5) is 16.2. The minimum Gasteiger partial charge on any atom is -0.481 e. The minimum atomic E-state index is -0.758. The summed E-state index contributed by atoms with van der Waals surface area (Å²) in [6.45, 7) is 1.33. The average molecular weight is 194 g/mol. The van der Waals surface area contributed by atoms with Gasteiger partial charge in [0.05, 0.1) is 6.42 Å². The fraction of sp³-hybridized carbons (Fsp3) is 0.400. The van der Waals surface area contributed by atoms with E-state index < -0.39 is 5.97 Å². The first-order valence-electron chi connectivity index (χ1n) is 4.47. The highest BCUT2D eigenvalue weighted by molar-refractivity contribution is 5.66. The number of hydrogen-bond acceptors (Lipinski definition) is 3. The van der Waals surface area contributed by atoms with E-state index in [0.29, 0.717) is 6.54 Å². The van der Waals surface area contributed by atoms with Crippen molar-refractivity contribution in [3.63, 3.8) is 0 Å². The summed E-state index contributed by atoms with van der Waals surface area (Å²) in [5.74, 6) is -0.758. The molecule has 4 nitrogen and oxygen atoms in total. The van der Waals surface area contributed by atoms with Crippen LogP contribution in [-0.2, 0) is 11.3 Å². The molecule has 4 heteroatoms. The van der Waals surface area contributed by atoms with Crippen molar-refractivity contribution in [3.8, 4) is 0 Å². The van der Waals surface area contributed by atoms with Gasteiger partial charge in [0, 0.05) is 25.5 Å². The third-order valence-electron chi connectivity index (χ3n) is 1.91. The molecule has 0 bridgehead atoms. The Kier molecular flexibility index (Phi) is 4.07. The second kappa shape index (κ2) is 5.34. The molecule has 0 saturated heterocycles. The van der Waals surface area contributed by atoms with Crippen LogP contribution in [-0.4, -0.2) is 34.6 Å². The molecule has 0 aliphatic carbocycles. The predicted molar refractivity (Wildman–Crippen MR) is 52.8 cm³/mol. The number of carbonyl (C=O) groups is 1. The lowest BCUT2D eigenvalue weighted by atomic mass is 10.2. The van der Waals surface area contributed by atoms with Gasteiger partial charge in [-0.15, -0.1) is 0 Å². The van der Waals surface area contributed by atoms with Gasteiger partial charge in [0.15, 0.2) is 0 Å². The van der Waals surface area contributed by atoms with Gasteiger partial charge < -0.3 is 10.0 Å². The summed E-state index contributed by atoms with van der Waals surface area (Å²) < 4.78 is 0. The third kappa shape index (κ3) is 4.00. The molecule has 1 rings (SSSR count). The molecule has 0 aliphatic rings. The molecule has 1 aromatic rings. The zero-order chi connectivity index (χ0) is 10.4. The fourth-order valence-corrected chi connectivity index (χ4v) is 1.17. The van der Waals surface area contributed by atoms with Crippen LogP contribution in [0.25, 0.3) is 0 Å². The number of aliphatic carboxylic acids is 1. The number of rotatable bonds is 5. The number of pyridine rings is 1. The fourth-order valence-electron chi connectivity index (χ4n) is 1.17. The minimum absolute atomic E-state index is 0.182. The number of hydrogen-bond donors (Lipinski definition) is 1. The van der Waals surface area contributed by atoms with Gasteiger partial charge in [-0.05, 0) is 24.7 Å². The summed E-state index contributed by atoms with van der Waals surface area (Å²) in [5.41, 5.74) is 1.15. The summed E-state index contributed by atoms with van der Waals surface area (Å²) in [5, 5.41) is 8.49. The normalized spacial score (nSPS) is 10.4. The Labute approximate surface area is 83.2 Å². The van der Waals surface area contributed by atoms with E-state index >= 15 is 0 Å². The second-order valence-electron chi connectivity index (χ2n) is 3.24. The van der Waals surface area contributed by atoms with Crippen molar-refractivity contribution in [3.05, 3.63) is 30.1 Å². The third-order valence-corrected chi connectivity index (χ3v) is 1.91. The number of aromatic nitrogens is 1. The Bertz CT molecular complexity index is 287. The van der Waals surface area contributed by atoms with Gasteiger partial charge in [-0.3, -0.25) is 9.78 Å². The van der Waals surface area contributed by atoms with E-state index in [0.717, 1.165) is 12.1 Å². The molecule has 0 aromatic carbocycles. The molecule has 0 fully saturated rings. The topological polar surface area (TPSA) is 53.4 Å². The van der Waals surface area contributed by atoms with Crippen LogP contribution < -0.4 is 0 Å². The first-order chi connectivity index (χ1) is 6.68. The molecule has 14 heavy (non-hydrogen) atoms. The SMILES string of the molecule is CN(CCC(=O)O)Cc1ccncc1. The van der Waals surface area contributed by atoms with Crippen molar-refractivity contribution in [2.45, 2.75) is 13.0 Å². The number of carboxylic acids is 1. The zero-order valence-electron chi connectivity index (χ0n) is 8.18. The van der Waals surface area contributed by atoms with E-state index in [1.165, 1.54) is 0 Å². The van der Waals surface area contributed by atoms with Gasteiger partial charge in [0.1, 0.15) is 0 Å². The summed E-state index contributed by atoms with van der Waals surface area (Å²) in [7, 11) is 1.91. The first-order valence-corrected chi connectivity index (χ1v) is 4.47. The van der Waals surface area contributed by atoms with E-state index in [1.807, 2.05) is 24.1 Å². The van der Waals surface area contributed by atoms with Gasteiger partial charge in [-0.2, -0.15) is 0 Å². The van der Waals surface area contributed by atoms with Crippen LogP contribution in [0.2, 0.25) is 0 Å². The molecule has 1 heterocycles. The molecule has 0 atom stereocenters. The smallest absolute Gasteiger partial charge is 0.304 e. The van der Waals surface area contributed by atoms with Crippen molar-refractivity contribution >= 4 is 5.97 Å². The summed E-state index contributed by atoms with van der Waals surface area (Å²) >= 11 is 0. The van der Waals surface area contributed by atoms with Crippen molar-refractivity contribution in [1.29, 1.82) is 0 Å². The molecule has 0 aliphatic heterocycles. The van der Waals surface area contributed by atoms with E-state index in [2.05, 4.69) is 4.98 Å². The summed E-state index contributed by atoms with van der Waals surface area (Å²) in [6.07, 6.45) is 3.66. The van der Waals surface area contributed by atoms with Crippen LogP contribution in [0.1, 0.15) is 12.0 Å². The van der Waals surface area contributed by atoms with Crippen molar-refractivity contribution in [2.75, 3.05) is 13.6 Å². The van der Waals surface area contributed by atoms with Crippen molar-refractivity contribution < 1.29 is 9.90 Å². The monoisotopic (exact) mass is 194 g/mol. The molecule has 1 aromatic heterocycles. The molecular formula is C10H14N2O2. The van der Waals surface area contributed by atoms with Gasteiger partial charge in [-0.25, -0.2) is 0 Å². The maximum atomic E-state index is 10.3. The maximum Gasteiger partial charge on any atom is 0.304 e. The van der Waals surface area contributed by atoms with E-state index in [4.69, 9.17) is 5.11 Å². The van der Waals surface area contributed by atoms with Crippen LogP contribution in [0, 0.1) is 0 Å². The van der Waals surface area contributed by atoms with E-state index in [-0.39, 0.29) is 6.42 Å². The van der Waals surface area contributed by atoms with Crippen LogP contribution in [0.15, 0.2) is 24.5 Å². The highest BCUT2D eigenvalue weighted by Gasteiger charge is 2.02. The van der Waals surface area contributed by atoms with Crippen LogP contribution in [0.5, 0.6) is 0 Å². The lowest BCUT2D eigenvalue weighted by molar-refractivity contribution is -0.137. The molecule has 0 unspecified atom stereocenters. The Hall–Kier alpha value is -1.42. The average Bonchev–Trinajstić information content (AvgIpc) is 2.16. The van der Waals surface area contributed by atoms with E-state index in [9.17, 15) is 4.79 Å². The standard InChI is InChI=1S/C10H14N2O2/c1-12(7-4-10(13)14)8-9-2-5-11-6-3-9/h2-3,5-6H,4,7-8H2,1H3,(H,13,14). The zero-order valence-corrected chi connectivity index (χ0v) is 8.18. The van der Waals surface area contributed by atoms with Crippen LogP contribution in [0.3, 0.4) is 0 Å². The highest BCUT2D eigenvalue weighted by atomic mass is 16.4. The largest absolute Gasteiger partial charge is 0.481 e. The molecule has 76 valence electrons. The molecule has 0 saturated carbocycles. The van der Waals surface area contributed by atoms with Crippen LogP contribution >= 0.6 is 0 Å². The Balaban J connectivity index is 2.34. The van der Waals surface area contributed by atoms with Crippen molar-refractivity contribution in [1.82, 2.24) is 9.88 Å². The molecule has 0 amide bonds. The first kappa shape index (κ1) is 10.7. The number of nitrogens with zero attached hydrogens (tertiary/aromatic N) is 2. The molecular weight excluding hydrogens is 180 g/mol. The van der Waals surface area contributed by atoms with Gasteiger partial charge >= 0.3 is 5.97 Å².